The van der Waals surface area contributed by atoms with E-state index in [1.54, 1.807) is 0 Å². The van der Waals surface area contributed by atoms with Gasteiger partial charge in [-0.3, -0.25) is 9.11 Å². The van der Waals surface area contributed by atoms with E-state index in [0.29, 0.717) is 13.1 Å². The molecular formula is C6H18N2O6S2. The summed E-state index contributed by atoms with van der Waals surface area (Å²) in [6.45, 7) is 1.19. The summed E-state index contributed by atoms with van der Waals surface area (Å²) in [5.41, 5.74) is 9.81. The minimum Gasteiger partial charge on any atom is -0.329 e. The van der Waals surface area contributed by atoms with Gasteiger partial charge >= 0.3 is 0 Å². The first-order valence-electron chi connectivity index (χ1n) is 4.43. The first-order chi connectivity index (χ1) is 7.12. The van der Waals surface area contributed by atoms with Crippen molar-refractivity contribution in [3.8, 4) is 0 Å². The summed E-state index contributed by atoms with van der Waals surface area (Å²) >= 11 is 0. The molecule has 0 aromatic rings. The predicted molar refractivity (Wildman–Crippen MR) is 60.2 cm³/mol. The van der Waals surface area contributed by atoms with E-state index in [1.807, 2.05) is 0 Å². The average molecular weight is 278 g/mol. The highest BCUT2D eigenvalue weighted by molar-refractivity contribution is 7.86. The first kappa shape index (κ1) is 18.1. The molecule has 0 radical (unpaired) electrons. The summed E-state index contributed by atoms with van der Waals surface area (Å²) in [7, 11) is -8.04. The number of rotatable bonds is 6. The van der Waals surface area contributed by atoms with Crippen LogP contribution in [0.15, 0.2) is 0 Å². The molecule has 0 aliphatic heterocycles. The highest BCUT2D eigenvalue weighted by atomic mass is 32.2. The van der Waals surface area contributed by atoms with Crippen LogP contribution in [0.4, 0.5) is 0 Å². The lowest BCUT2D eigenvalue weighted by Crippen LogP contribution is -2.11. The highest BCUT2D eigenvalue weighted by Gasteiger charge is 2.07. The molecule has 16 heavy (non-hydrogen) atoms. The molecule has 10 heteroatoms. The molecule has 100 valence electrons. The maximum Gasteiger partial charge on any atom is 0.264 e. The van der Waals surface area contributed by atoms with Crippen LogP contribution >= 0.6 is 0 Å². The fraction of sp³-hybridized carbons (Fsp3) is 1.00. The van der Waals surface area contributed by atoms with Crippen LogP contribution in [0.2, 0.25) is 0 Å². The summed E-state index contributed by atoms with van der Waals surface area (Å²) in [6, 6.07) is 0. The fourth-order valence-electron chi connectivity index (χ4n) is 0.569. The lowest BCUT2D eigenvalue weighted by molar-refractivity contribution is 0.473. The number of unbranched alkanes of at least 4 members (excludes halogenated alkanes) is 1. The monoisotopic (exact) mass is 278 g/mol. The average Bonchev–Trinajstić information content (AvgIpc) is 2.10. The van der Waals surface area contributed by atoms with Crippen LogP contribution in [-0.2, 0) is 20.2 Å². The van der Waals surface area contributed by atoms with Gasteiger partial charge in [-0.15, -0.1) is 0 Å². The third kappa shape index (κ3) is 23.5. The van der Waals surface area contributed by atoms with E-state index in [-0.39, 0.29) is 12.8 Å². The Balaban J connectivity index is 0. The molecule has 0 rings (SSSR count). The van der Waals surface area contributed by atoms with Gasteiger partial charge in [-0.1, -0.05) is 0 Å². The van der Waals surface area contributed by atoms with Gasteiger partial charge in [0.1, 0.15) is 0 Å². The molecule has 0 atom stereocenters. The molecule has 0 saturated heterocycles. The van der Waals surface area contributed by atoms with Crippen LogP contribution < -0.4 is 11.5 Å². The van der Waals surface area contributed by atoms with Crippen LogP contribution in [0.25, 0.3) is 0 Å². The predicted octanol–water partition coefficient (Wildman–Crippen LogP) is -1.55. The normalized spacial score (nSPS) is 11.8. The first-order valence-corrected chi connectivity index (χ1v) is 7.64. The minimum atomic E-state index is -4.02. The molecule has 0 spiro atoms. The molecule has 0 unspecified atom stereocenters. The summed E-state index contributed by atoms with van der Waals surface area (Å²) in [4.78, 5) is 0. The molecule has 0 heterocycles. The Morgan fingerprint density at radius 1 is 0.750 bits per heavy atom. The molecule has 6 N–H and O–H groups in total. The van der Waals surface area contributed by atoms with Gasteiger partial charge in [0.05, 0.1) is 11.5 Å². The largest absolute Gasteiger partial charge is 0.329 e. The van der Waals surface area contributed by atoms with Crippen molar-refractivity contribution in [2.75, 3.05) is 24.6 Å². The van der Waals surface area contributed by atoms with E-state index < -0.39 is 31.7 Å². The molecule has 0 aliphatic rings. The third-order valence-electron chi connectivity index (χ3n) is 1.22. The highest BCUT2D eigenvalue weighted by Crippen LogP contribution is 1.96. The second-order valence-electron chi connectivity index (χ2n) is 2.86. The number of nitrogens with two attached hydrogens (primary N) is 2. The standard InChI is InChI=1S/C4H10O6S2.C2H8N2/c5-11(6,7)3-1-2-4-12(8,9)10;3-1-2-4/h1-4H2,(H,5,6,7)(H,8,9,10);1-4H2. The maximum absolute atomic E-state index is 10.1. The van der Waals surface area contributed by atoms with Gasteiger partial charge in [-0.25, -0.2) is 0 Å². The van der Waals surface area contributed by atoms with E-state index in [2.05, 4.69) is 0 Å². The van der Waals surface area contributed by atoms with Gasteiger partial charge in [-0.05, 0) is 12.8 Å². The summed E-state index contributed by atoms with van der Waals surface area (Å²) in [5.74, 6) is -0.967. The van der Waals surface area contributed by atoms with Gasteiger partial charge in [-0.2, -0.15) is 16.8 Å². The number of hydrogen-bond donors (Lipinski definition) is 4. The van der Waals surface area contributed by atoms with E-state index in [4.69, 9.17) is 20.6 Å². The molecule has 0 amide bonds. The summed E-state index contributed by atoms with van der Waals surface area (Å²) < 4.78 is 56.8. The van der Waals surface area contributed by atoms with Crippen LogP contribution in [0.3, 0.4) is 0 Å². The second kappa shape index (κ2) is 8.84. The zero-order chi connectivity index (χ0) is 13.2. The van der Waals surface area contributed by atoms with Crippen molar-refractivity contribution < 1.29 is 25.9 Å². The van der Waals surface area contributed by atoms with Gasteiger partial charge in [0.25, 0.3) is 20.2 Å². The van der Waals surface area contributed by atoms with Crippen molar-refractivity contribution in [3.05, 3.63) is 0 Å². The third-order valence-corrected chi connectivity index (χ3v) is 2.83. The Labute approximate surface area is 95.5 Å². The molecule has 0 fully saturated rings. The number of hydrogen-bond acceptors (Lipinski definition) is 6. The molecule has 0 bridgehead atoms. The van der Waals surface area contributed by atoms with Crippen LogP contribution in [0.1, 0.15) is 12.8 Å². The Hall–Kier alpha value is -0.260. The molecule has 0 aliphatic carbocycles. The molecule has 0 aromatic carbocycles. The fourth-order valence-corrected chi connectivity index (χ4v) is 1.71. The Kier molecular flexibility index (Phi) is 10.0. The maximum atomic E-state index is 10.1. The van der Waals surface area contributed by atoms with Crippen molar-refractivity contribution in [3.63, 3.8) is 0 Å². The van der Waals surface area contributed by atoms with E-state index in [0.717, 1.165) is 0 Å². The van der Waals surface area contributed by atoms with Gasteiger partial charge in [0.15, 0.2) is 0 Å². The summed E-state index contributed by atoms with van der Waals surface area (Å²) in [5, 5.41) is 0. The lowest BCUT2D eigenvalue weighted by Gasteiger charge is -1.96. The van der Waals surface area contributed by atoms with Crippen molar-refractivity contribution in [1.82, 2.24) is 0 Å². The Bertz CT molecular complexity index is 313. The van der Waals surface area contributed by atoms with E-state index in [1.165, 1.54) is 0 Å². The van der Waals surface area contributed by atoms with Gasteiger partial charge in [0.2, 0.25) is 0 Å². The zero-order valence-corrected chi connectivity index (χ0v) is 10.4. The van der Waals surface area contributed by atoms with Crippen molar-refractivity contribution >= 4 is 20.2 Å². The van der Waals surface area contributed by atoms with Gasteiger partial charge in [0, 0.05) is 13.1 Å². The molecule has 0 aromatic heterocycles. The Morgan fingerprint density at radius 3 is 1.12 bits per heavy atom. The van der Waals surface area contributed by atoms with Crippen LogP contribution in [-0.4, -0.2) is 50.5 Å². The van der Waals surface area contributed by atoms with Crippen molar-refractivity contribution in [1.29, 1.82) is 0 Å². The molecule has 8 nitrogen and oxygen atoms in total. The lowest BCUT2D eigenvalue weighted by atomic mass is 10.4. The van der Waals surface area contributed by atoms with Gasteiger partial charge < -0.3 is 11.5 Å². The van der Waals surface area contributed by atoms with Crippen LogP contribution in [0, 0.1) is 0 Å². The van der Waals surface area contributed by atoms with Crippen LogP contribution in [0.5, 0.6) is 0 Å². The smallest absolute Gasteiger partial charge is 0.264 e. The second-order valence-corrected chi connectivity index (χ2v) is 6.00. The molecular weight excluding hydrogens is 260 g/mol. The quantitative estimate of drug-likeness (QED) is 0.335. The molecule has 0 saturated carbocycles. The van der Waals surface area contributed by atoms with Crippen molar-refractivity contribution in [2.45, 2.75) is 12.8 Å². The SMILES string of the molecule is NCCN.O=S(=O)(O)CCCCS(=O)(=O)O. The van der Waals surface area contributed by atoms with E-state index >= 15 is 0 Å². The topological polar surface area (TPSA) is 161 Å². The minimum absolute atomic E-state index is 0.0125. The zero-order valence-electron chi connectivity index (χ0n) is 8.74. The Morgan fingerprint density at radius 2 is 1.00 bits per heavy atom. The summed E-state index contributed by atoms with van der Waals surface area (Å²) in [6.07, 6.45) is 0.0250. The van der Waals surface area contributed by atoms with E-state index in [9.17, 15) is 16.8 Å². The van der Waals surface area contributed by atoms with Crippen molar-refractivity contribution in [2.24, 2.45) is 11.5 Å².